The minimum atomic E-state index is -0.547. The van der Waals surface area contributed by atoms with Crippen molar-refractivity contribution in [1.82, 2.24) is 10.6 Å². The second-order valence-electron chi connectivity index (χ2n) is 7.24. The highest BCUT2D eigenvalue weighted by Crippen LogP contribution is 2.35. The van der Waals surface area contributed by atoms with E-state index in [9.17, 15) is 14.0 Å². The van der Waals surface area contributed by atoms with Crippen molar-refractivity contribution in [2.75, 3.05) is 24.8 Å². The molecule has 0 saturated heterocycles. The van der Waals surface area contributed by atoms with E-state index in [4.69, 9.17) is 9.47 Å². The van der Waals surface area contributed by atoms with Gasteiger partial charge in [-0.1, -0.05) is 12.1 Å². The third-order valence-corrected chi connectivity index (χ3v) is 4.54. The molecule has 0 bridgehead atoms. The number of ether oxygens (including phenoxy) is 2. The molecule has 0 saturated carbocycles. The molecular formula is C22H26FN3O4. The largest absolute Gasteiger partial charge is 0.454 e. The predicted molar refractivity (Wildman–Crippen MR) is 112 cm³/mol. The summed E-state index contributed by atoms with van der Waals surface area (Å²) in [6, 6.07) is 11.0. The van der Waals surface area contributed by atoms with Gasteiger partial charge >= 0.3 is 6.03 Å². The van der Waals surface area contributed by atoms with Gasteiger partial charge in [0.2, 0.25) is 6.79 Å². The number of benzene rings is 2. The zero-order chi connectivity index (χ0) is 21.5. The van der Waals surface area contributed by atoms with Crippen LogP contribution in [0.4, 0.5) is 14.9 Å². The number of carbonyl (C=O) groups is 2. The van der Waals surface area contributed by atoms with Crippen molar-refractivity contribution >= 4 is 17.6 Å². The Bertz CT molecular complexity index is 904. The fraction of sp³-hybridized carbons (Fsp3) is 0.364. The number of hydrogen-bond donors (Lipinski definition) is 2. The zero-order valence-corrected chi connectivity index (χ0v) is 17.1. The smallest absolute Gasteiger partial charge is 0.322 e. The highest BCUT2D eigenvalue weighted by molar-refractivity contribution is 5.94. The quantitative estimate of drug-likeness (QED) is 0.645. The van der Waals surface area contributed by atoms with Crippen molar-refractivity contribution in [3.63, 3.8) is 0 Å². The Labute approximate surface area is 175 Å². The van der Waals surface area contributed by atoms with Crippen LogP contribution in [0.25, 0.3) is 0 Å². The molecule has 7 nitrogen and oxygen atoms in total. The maximum Gasteiger partial charge on any atom is 0.322 e. The van der Waals surface area contributed by atoms with E-state index >= 15 is 0 Å². The van der Waals surface area contributed by atoms with E-state index in [2.05, 4.69) is 10.6 Å². The fourth-order valence-corrected chi connectivity index (χ4v) is 3.06. The van der Waals surface area contributed by atoms with E-state index in [-0.39, 0.29) is 24.4 Å². The normalized spacial score (nSPS) is 12.0. The minimum Gasteiger partial charge on any atom is -0.454 e. The molecule has 0 aromatic heterocycles. The third-order valence-electron chi connectivity index (χ3n) is 4.54. The van der Waals surface area contributed by atoms with Crippen LogP contribution in [0.2, 0.25) is 0 Å². The predicted octanol–water partition coefficient (Wildman–Crippen LogP) is 3.69. The highest BCUT2D eigenvalue weighted by Gasteiger charge is 2.20. The summed E-state index contributed by atoms with van der Waals surface area (Å²) in [5.74, 6) is 0.262. The molecule has 160 valence electrons. The van der Waals surface area contributed by atoms with E-state index in [1.54, 1.807) is 29.2 Å². The number of amides is 3. The lowest BCUT2D eigenvalue weighted by Gasteiger charge is -2.24. The van der Waals surface area contributed by atoms with Gasteiger partial charge in [0.05, 0.1) is 5.56 Å². The molecule has 0 atom stereocenters. The lowest BCUT2D eigenvalue weighted by molar-refractivity contribution is 0.0949. The first-order valence-corrected chi connectivity index (χ1v) is 9.96. The van der Waals surface area contributed by atoms with Crippen molar-refractivity contribution in [1.29, 1.82) is 0 Å². The van der Waals surface area contributed by atoms with E-state index in [0.717, 1.165) is 0 Å². The van der Waals surface area contributed by atoms with E-state index in [0.29, 0.717) is 43.1 Å². The standard InChI is InChI=1S/C22H26FN3O4/c1-15(2)25-22(28)26(16-9-10-19-20(13-16)30-14-29-19)12-6-5-11-24-21(27)17-7-3-4-8-18(17)23/h3-4,7-10,13,15H,5-6,11-12,14H2,1-2H3,(H,24,27)(H,25,28). The fourth-order valence-electron chi connectivity index (χ4n) is 3.06. The van der Waals surface area contributed by atoms with Gasteiger partial charge in [-0.05, 0) is 51.0 Å². The Morgan fingerprint density at radius 1 is 1.10 bits per heavy atom. The summed E-state index contributed by atoms with van der Waals surface area (Å²) in [7, 11) is 0. The average Bonchev–Trinajstić information content (AvgIpc) is 3.18. The third kappa shape index (κ3) is 5.40. The number of rotatable bonds is 8. The molecule has 1 heterocycles. The SMILES string of the molecule is CC(C)NC(=O)N(CCCCNC(=O)c1ccccc1F)c1ccc2c(c1)OCO2. The molecule has 2 aromatic carbocycles. The van der Waals surface area contributed by atoms with Crippen LogP contribution in [0.15, 0.2) is 42.5 Å². The number of hydrogen-bond acceptors (Lipinski definition) is 4. The molecule has 3 rings (SSSR count). The maximum absolute atomic E-state index is 13.7. The summed E-state index contributed by atoms with van der Waals surface area (Å²) < 4.78 is 24.4. The first kappa shape index (κ1) is 21.4. The van der Waals surface area contributed by atoms with Crippen molar-refractivity contribution in [2.45, 2.75) is 32.7 Å². The lowest BCUT2D eigenvalue weighted by atomic mass is 10.2. The molecular weight excluding hydrogens is 389 g/mol. The Morgan fingerprint density at radius 3 is 2.63 bits per heavy atom. The van der Waals surface area contributed by atoms with Gasteiger partial charge in [-0.15, -0.1) is 0 Å². The number of unbranched alkanes of at least 4 members (excludes halogenated alkanes) is 1. The van der Waals surface area contributed by atoms with E-state index in [1.165, 1.54) is 12.1 Å². The topological polar surface area (TPSA) is 79.9 Å². The molecule has 1 aliphatic rings. The molecule has 2 N–H and O–H groups in total. The number of carbonyl (C=O) groups excluding carboxylic acids is 2. The number of urea groups is 1. The molecule has 2 aromatic rings. The molecule has 1 aliphatic heterocycles. The number of anilines is 1. The van der Waals surface area contributed by atoms with Crippen LogP contribution in [0.1, 0.15) is 37.0 Å². The molecule has 8 heteroatoms. The van der Waals surface area contributed by atoms with Gasteiger partial charge in [0, 0.05) is 30.9 Å². The van der Waals surface area contributed by atoms with Crippen LogP contribution >= 0.6 is 0 Å². The van der Waals surface area contributed by atoms with Gasteiger partial charge in [0.15, 0.2) is 11.5 Å². The Hall–Kier alpha value is -3.29. The first-order valence-electron chi connectivity index (χ1n) is 9.96. The molecule has 0 unspecified atom stereocenters. The summed E-state index contributed by atoms with van der Waals surface area (Å²) in [5.41, 5.74) is 0.726. The summed E-state index contributed by atoms with van der Waals surface area (Å²) in [5, 5.41) is 5.61. The monoisotopic (exact) mass is 415 g/mol. The molecule has 0 fully saturated rings. The molecule has 3 amide bonds. The van der Waals surface area contributed by atoms with Gasteiger partial charge in [-0.3, -0.25) is 9.69 Å². The van der Waals surface area contributed by atoms with Crippen molar-refractivity contribution < 1.29 is 23.5 Å². The zero-order valence-electron chi connectivity index (χ0n) is 17.1. The first-order chi connectivity index (χ1) is 14.5. The summed E-state index contributed by atoms with van der Waals surface area (Å²) in [6.45, 7) is 4.79. The number of nitrogens with one attached hydrogen (secondary N) is 2. The number of fused-ring (bicyclic) bond motifs is 1. The van der Waals surface area contributed by atoms with Gasteiger partial charge in [0.1, 0.15) is 5.82 Å². The van der Waals surface area contributed by atoms with Crippen molar-refractivity contribution in [3.8, 4) is 11.5 Å². The Balaban J connectivity index is 1.55. The highest BCUT2D eigenvalue weighted by atomic mass is 19.1. The molecule has 0 spiro atoms. The van der Waals surface area contributed by atoms with Crippen molar-refractivity contribution in [3.05, 3.63) is 53.8 Å². The van der Waals surface area contributed by atoms with E-state index in [1.807, 2.05) is 19.9 Å². The van der Waals surface area contributed by atoms with Gasteiger partial charge < -0.3 is 20.1 Å². The Morgan fingerprint density at radius 2 is 1.87 bits per heavy atom. The van der Waals surface area contributed by atoms with Crippen LogP contribution in [0.3, 0.4) is 0 Å². The average molecular weight is 415 g/mol. The maximum atomic E-state index is 13.7. The van der Waals surface area contributed by atoms with Crippen LogP contribution in [0.5, 0.6) is 11.5 Å². The van der Waals surface area contributed by atoms with Crippen molar-refractivity contribution in [2.24, 2.45) is 0 Å². The summed E-state index contributed by atoms with van der Waals surface area (Å²) >= 11 is 0. The molecule has 0 aliphatic carbocycles. The van der Waals surface area contributed by atoms with Gasteiger partial charge in [-0.25, -0.2) is 9.18 Å². The molecule has 30 heavy (non-hydrogen) atoms. The number of nitrogens with zero attached hydrogens (tertiary/aromatic N) is 1. The van der Waals surface area contributed by atoms with E-state index < -0.39 is 11.7 Å². The summed E-state index contributed by atoms with van der Waals surface area (Å²) in [4.78, 5) is 26.4. The minimum absolute atomic E-state index is 0.00549. The van der Waals surface area contributed by atoms with Crippen LogP contribution in [-0.4, -0.2) is 37.9 Å². The van der Waals surface area contributed by atoms with Gasteiger partial charge in [-0.2, -0.15) is 0 Å². The Kier molecular flexibility index (Phi) is 7.11. The summed E-state index contributed by atoms with van der Waals surface area (Å²) in [6.07, 6.45) is 1.29. The van der Waals surface area contributed by atoms with Crippen LogP contribution in [0, 0.1) is 5.82 Å². The lowest BCUT2D eigenvalue weighted by Crippen LogP contribution is -2.43. The van der Waals surface area contributed by atoms with Crippen LogP contribution in [-0.2, 0) is 0 Å². The second-order valence-corrected chi connectivity index (χ2v) is 7.24. The molecule has 0 radical (unpaired) electrons. The van der Waals surface area contributed by atoms with Gasteiger partial charge in [0.25, 0.3) is 5.91 Å². The number of halogens is 1. The van der Waals surface area contributed by atoms with Crippen LogP contribution < -0.4 is 25.0 Å². The second kappa shape index (κ2) is 9.96.